The molecule has 2 N–H and O–H groups in total. The molecule has 1 rings (SSSR count). The first-order valence-electron chi connectivity index (χ1n) is 6.09. The Morgan fingerprint density at radius 3 is 2.35 bits per heavy atom. The lowest BCUT2D eigenvalue weighted by molar-refractivity contribution is -0.142. The van der Waals surface area contributed by atoms with Crippen molar-refractivity contribution in [1.82, 2.24) is 9.80 Å². The number of rotatable bonds is 4. The Labute approximate surface area is 103 Å². The van der Waals surface area contributed by atoms with Crippen LogP contribution < -0.4 is 5.73 Å². The molecule has 1 heterocycles. The minimum atomic E-state index is -0.506. The number of nitrogens with two attached hydrogens (primary N) is 1. The summed E-state index contributed by atoms with van der Waals surface area (Å²) in [6.07, 6.45) is 0.864. The molecule has 0 bridgehead atoms. The Balaban J connectivity index is 2.70. The number of nitrogens with zero attached hydrogens (tertiary/aromatic N) is 2. The van der Waals surface area contributed by atoms with Crippen molar-refractivity contribution >= 4 is 11.8 Å². The van der Waals surface area contributed by atoms with Crippen LogP contribution in [0.3, 0.4) is 0 Å². The lowest BCUT2D eigenvalue weighted by Crippen LogP contribution is -2.50. The second-order valence-electron chi connectivity index (χ2n) is 5.29. The summed E-state index contributed by atoms with van der Waals surface area (Å²) in [7, 11) is 3.68. The molecular weight excluding hydrogens is 218 g/mol. The zero-order valence-corrected chi connectivity index (χ0v) is 11.1. The van der Waals surface area contributed by atoms with E-state index in [2.05, 4.69) is 4.90 Å². The van der Waals surface area contributed by atoms with E-state index in [1.165, 1.54) is 4.90 Å². The van der Waals surface area contributed by atoms with Crippen molar-refractivity contribution in [2.24, 2.45) is 17.6 Å². The van der Waals surface area contributed by atoms with Gasteiger partial charge in [0.1, 0.15) is 6.04 Å². The van der Waals surface area contributed by atoms with Gasteiger partial charge in [0.15, 0.2) is 0 Å². The van der Waals surface area contributed by atoms with Crippen LogP contribution in [-0.4, -0.2) is 54.8 Å². The fraction of sp³-hybridized carbons (Fsp3) is 0.833. The van der Waals surface area contributed by atoms with Crippen LogP contribution in [0.25, 0.3) is 0 Å². The summed E-state index contributed by atoms with van der Waals surface area (Å²) in [5.41, 5.74) is 5.36. The molecule has 17 heavy (non-hydrogen) atoms. The van der Waals surface area contributed by atoms with Gasteiger partial charge in [0.05, 0.1) is 5.92 Å². The van der Waals surface area contributed by atoms with Crippen LogP contribution in [-0.2, 0) is 9.59 Å². The fourth-order valence-corrected chi connectivity index (χ4v) is 2.53. The second kappa shape index (κ2) is 5.49. The topological polar surface area (TPSA) is 66.6 Å². The summed E-state index contributed by atoms with van der Waals surface area (Å²) in [6.45, 7) is 5.51. The molecule has 2 atom stereocenters. The van der Waals surface area contributed by atoms with Crippen molar-refractivity contribution in [3.8, 4) is 0 Å². The molecule has 98 valence electrons. The van der Waals surface area contributed by atoms with Crippen molar-refractivity contribution in [2.75, 3.05) is 27.2 Å². The van der Waals surface area contributed by atoms with Gasteiger partial charge in [0.2, 0.25) is 11.8 Å². The number of likely N-dealkylation sites (N-methyl/N-ethyl adjacent to an activating group) is 1. The highest BCUT2D eigenvalue weighted by Crippen LogP contribution is 2.19. The van der Waals surface area contributed by atoms with E-state index in [0.29, 0.717) is 0 Å². The lowest BCUT2D eigenvalue weighted by Gasteiger charge is -2.30. The van der Waals surface area contributed by atoms with E-state index in [9.17, 15) is 9.59 Å². The fourth-order valence-electron chi connectivity index (χ4n) is 2.53. The van der Waals surface area contributed by atoms with Gasteiger partial charge in [-0.15, -0.1) is 0 Å². The quantitative estimate of drug-likeness (QED) is 0.748. The molecule has 5 heteroatoms. The van der Waals surface area contributed by atoms with Crippen LogP contribution >= 0.6 is 0 Å². The molecule has 0 saturated carbocycles. The first kappa shape index (κ1) is 14.0. The summed E-state index contributed by atoms with van der Waals surface area (Å²) >= 11 is 0. The summed E-state index contributed by atoms with van der Waals surface area (Å²) in [4.78, 5) is 27.3. The molecule has 0 aromatic heterocycles. The van der Waals surface area contributed by atoms with Gasteiger partial charge in [-0.05, 0) is 25.9 Å². The van der Waals surface area contributed by atoms with E-state index in [0.717, 1.165) is 19.5 Å². The maximum absolute atomic E-state index is 12.2. The van der Waals surface area contributed by atoms with Gasteiger partial charge in [-0.25, -0.2) is 0 Å². The Hall–Kier alpha value is -1.10. The average Bonchev–Trinajstić information content (AvgIpc) is 2.62. The first-order valence-corrected chi connectivity index (χ1v) is 6.09. The molecule has 1 saturated heterocycles. The van der Waals surface area contributed by atoms with Gasteiger partial charge in [-0.3, -0.25) is 9.59 Å². The predicted molar refractivity (Wildman–Crippen MR) is 66.2 cm³/mol. The first-order chi connectivity index (χ1) is 7.84. The molecule has 1 aliphatic rings. The largest absolute Gasteiger partial charge is 0.368 e. The van der Waals surface area contributed by atoms with Crippen LogP contribution in [0.4, 0.5) is 0 Å². The smallest absolute Gasteiger partial charge is 0.240 e. The highest BCUT2D eigenvalue weighted by atomic mass is 16.2. The van der Waals surface area contributed by atoms with Crippen molar-refractivity contribution in [3.63, 3.8) is 0 Å². The van der Waals surface area contributed by atoms with Crippen LogP contribution in [0.1, 0.15) is 20.3 Å². The monoisotopic (exact) mass is 241 g/mol. The molecule has 0 aliphatic carbocycles. The summed E-state index contributed by atoms with van der Waals surface area (Å²) < 4.78 is 0. The highest BCUT2D eigenvalue weighted by Gasteiger charge is 2.34. The van der Waals surface area contributed by atoms with Crippen molar-refractivity contribution in [3.05, 3.63) is 0 Å². The molecular formula is C12H23N3O2. The number of likely N-dealkylation sites (tertiary alicyclic amines) is 1. The lowest BCUT2D eigenvalue weighted by atomic mass is 9.99. The molecule has 0 radical (unpaired) electrons. The summed E-state index contributed by atoms with van der Waals surface area (Å²) in [6, 6.07) is -0.506. The number of primary amides is 1. The predicted octanol–water partition coefficient (Wildman–Crippen LogP) is -0.0936. The standard InChI is InChI=1S/C12H23N3O2/c1-8(2)10(11(13)16)15(4)12(17)9-5-6-14(3)7-9/h8-10H,5-7H2,1-4H3,(H2,13,16)/t9-,10?/m0/s1. The third-order valence-electron chi connectivity index (χ3n) is 3.43. The van der Waals surface area contributed by atoms with E-state index in [1.54, 1.807) is 7.05 Å². The van der Waals surface area contributed by atoms with Crippen LogP contribution in [0, 0.1) is 11.8 Å². The number of hydrogen-bond acceptors (Lipinski definition) is 3. The van der Waals surface area contributed by atoms with E-state index in [4.69, 9.17) is 5.73 Å². The maximum atomic E-state index is 12.2. The Morgan fingerprint density at radius 1 is 1.41 bits per heavy atom. The van der Waals surface area contributed by atoms with Gasteiger partial charge in [-0.1, -0.05) is 13.8 Å². The number of carbonyl (C=O) groups excluding carboxylic acids is 2. The third-order valence-corrected chi connectivity index (χ3v) is 3.43. The maximum Gasteiger partial charge on any atom is 0.240 e. The molecule has 1 unspecified atom stereocenters. The van der Waals surface area contributed by atoms with Gasteiger partial charge in [0, 0.05) is 13.6 Å². The van der Waals surface area contributed by atoms with Crippen molar-refractivity contribution in [1.29, 1.82) is 0 Å². The molecule has 5 nitrogen and oxygen atoms in total. The Bertz CT molecular complexity index is 304. The van der Waals surface area contributed by atoms with Crippen LogP contribution in [0.15, 0.2) is 0 Å². The average molecular weight is 241 g/mol. The number of amides is 2. The number of carbonyl (C=O) groups is 2. The zero-order valence-electron chi connectivity index (χ0n) is 11.1. The SMILES string of the molecule is CC(C)C(C(N)=O)N(C)C(=O)[C@H]1CCN(C)C1. The normalized spacial score (nSPS) is 22.8. The highest BCUT2D eigenvalue weighted by molar-refractivity contribution is 5.87. The van der Waals surface area contributed by atoms with Crippen molar-refractivity contribution in [2.45, 2.75) is 26.3 Å². The van der Waals surface area contributed by atoms with E-state index in [1.807, 2.05) is 20.9 Å². The summed E-state index contributed by atoms with van der Waals surface area (Å²) in [5.74, 6) is -0.347. The molecule has 0 aromatic rings. The van der Waals surface area contributed by atoms with E-state index < -0.39 is 11.9 Å². The molecule has 0 aromatic carbocycles. The molecule has 1 fully saturated rings. The minimum Gasteiger partial charge on any atom is -0.368 e. The third kappa shape index (κ3) is 3.19. The minimum absolute atomic E-state index is 0.00519. The van der Waals surface area contributed by atoms with Gasteiger partial charge < -0.3 is 15.5 Å². The van der Waals surface area contributed by atoms with Crippen LogP contribution in [0.2, 0.25) is 0 Å². The Kier molecular flexibility index (Phi) is 4.51. The van der Waals surface area contributed by atoms with Gasteiger partial charge in [-0.2, -0.15) is 0 Å². The van der Waals surface area contributed by atoms with Gasteiger partial charge >= 0.3 is 0 Å². The van der Waals surface area contributed by atoms with Crippen LogP contribution in [0.5, 0.6) is 0 Å². The van der Waals surface area contributed by atoms with Gasteiger partial charge in [0.25, 0.3) is 0 Å². The van der Waals surface area contributed by atoms with Crippen molar-refractivity contribution < 1.29 is 9.59 Å². The number of hydrogen-bond donors (Lipinski definition) is 1. The second-order valence-corrected chi connectivity index (χ2v) is 5.29. The van der Waals surface area contributed by atoms with E-state index in [-0.39, 0.29) is 17.7 Å². The van der Waals surface area contributed by atoms with E-state index >= 15 is 0 Å². The zero-order chi connectivity index (χ0) is 13.2. The molecule has 0 spiro atoms. The summed E-state index contributed by atoms with van der Waals surface area (Å²) in [5, 5.41) is 0. The Morgan fingerprint density at radius 2 is 2.00 bits per heavy atom. The molecule has 1 aliphatic heterocycles. The molecule has 2 amide bonds.